The summed E-state index contributed by atoms with van der Waals surface area (Å²) in [5, 5.41) is 9.63. The Morgan fingerprint density at radius 2 is 1.89 bits per heavy atom. The number of hydrogen-bond donors (Lipinski definition) is 3. The molecule has 2 aromatic carbocycles. The Morgan fingerprint density at radius 1 is 1.15 bits per heavy atom. The van der Waals surface area contributed by atoms with Gasteiger partial charge in [-0.3, -0.25) is 9.59 Å². The van der Waals surface area contributed by atoms with Gasteiger partial charge in [-0.15, -0.1) is 0 Å². The molecule has 0 aliphatic carbocycles. The van der Waals surface area contributed by atoms with Crippen LogP contribution in [0.5, 0.6) is 0 Å². The van der Waals surface area contributed by atoms with Gasteiger partial charge >= 0.3 is 0 Å². The minimum Gasteiger partial charge on any atom is -0.326 e. The number of rotatable bonds is 4. The number of benzene rings is 2. The maximum absolute atomic E-state index is 12.1. The third-order valence-electron chi connectivity index (χ3n) is 3.46. The van der Waals surface area contributed by atoms with Crippen molar-refractivity contribution in [3.05, 3.63) is 53.1 Å². The minimum atomic E-state index is -0.233. The molecule has 6 nitrogen and oxygen atoms in total. The molecule has 9 heteroatoms. The molecule has 0 radical (unpaired) electrons. The van der Waals surface area contributed by atoms with Crippen molar-refractivity contribution in [1.29, 1.82) is 0 Å². The molecule has 138 valence electrons. The summed E-state index contributed by atoms with van der Waals surface area (Å²) in [7, 11) is 0. The number of aromatic nitrogens is 1. The third kappa shape index (κ3) is 5.46. The van der Waals surface area contributed by atoms with E-state index in [1.165, 1.54) is 18.3 Å². The lowest BCUT2D eigenvalue weighted by Gasteiger charge is -2.07. The van der Waals surface area contributed by atoms with Crippen LogP contribution in [0.2, 0.25) is 5.02 Å². The summed E-state index contributed by atoms with van der Waals surface area (Å²) in [6, 6.07) is 12.5. The van der Waals surface area contributed by atoms with Gasteiger partial charge in [0.25, 0.3) is 0 Å². The molecule has 1 heterocycles. The van der Waals surface area contributed by atoms with Crippen LogP contribution in [0.4, 0.5) is 10.8 Å². The van der Waals surface area contributed by atoms with E-state index in [9.17, 15) is 9.59 Å². The molecule has 1 aromatic heterocycles. The fourth-order valence-electron chi connectivity index (χ4n) is 2.35. The Bertz CT molecular complexity index is 1020. The predicted octanol–water partition coefficient (Wildman–Crippen LogP) is 3.96. The summed E-state index contributed by atoms with van der Waals surface area (Å²) in [6.07, 6.45) is 0.193. The van der Waals surface area contributed by atoms with E-state index in [1.807, 2.05) is 12.1 Å². The smallest absolute Gasteiger partial charge is 0.230 e. The lowest BCUT2D eigenvalue weighted by molar-refractivity contribution is -0.119. The summed E-state index contributed by atoms with van der Waals surface area (Å²) in [6.45, 7) is 1.45. The zero-order valence-electron chi connectivity index (χ0n) is 14.2. The van der Waals surface area contributed by atoms with E-state index < -0.39 is 0 Å². The second kappa shape index (κ2) is 8.43. The van der Waals surface area contributed by atoms with Crippen molar-refractivity contribution in [3.63, 3.8) is 0 Å². The largest absolute Gasteiger partial charge is 0.326 e. The second-order valence-corrected chi connectivity index (χ2v) is 7.56. The monoisotopic (exact) mass is 418 g/mol. The molecule has 0 atom stereocenters. The Kier molecular flexibility index (Phi) is 6.00. The fraction of sp³-hybridized carbons (Fsp3) is 0.111. The number of nitrogens with zero attached hydrogens (tertiary/aromatic N) is 1. The number of carbonyl (C=O) groups is 2. The molecular formula is C18H15ClN4O2S2. The first kappa shape index (κ1) is 19.2. The first-order chi connectivity index (χ1) is 12.9. The zero-order valence-corrected chi connectivity index (χ0v) is 16.6. The van der Waals surface area contributed by atoms with Gasteiger partial charge in [0.1, 0.15) is 0 Å². The highest BCUT2D eigenvalue weighted by atomic mass is 35.5. The Morgan fingerprint density at radius 3 is 2.59 bits per heavy atom. The van der Waals surface area contributed by atoms with Gasteiger partial charge in [-0.25, -0.2) is 4.98 Å². The zero-order chi connectivity index (χ0) is 19.4. The molecule has 3 N–H and O–H groups in total. The van der Waals surface area contributed by atoms with E-state index in [-0.39, 0.29) is 23.3 Å². The fourth-order valence-corrected chi connectivity index (χ4v) is 3.66. The number of halogens is 1. The van der Waals surface area contributed by atoms with Crippen LogP contribution in [-0.4, -0.2) is 21.9 Å². The van der Waals surface area contributed by atoms with Crippen LogP contribution in [-0.2, 0) is 16.0 Å². The lowest BCUT2D eigenvalue weighted by atomic mass is 10.1. The van der Waals surface area contributed by atoms with Gasteiger partial charge < -0.3 is 16.0 Å². The van der Waals surface area contributed by atoms with Gasteiger partial charge in [0.05, 0.1) is 16.6 Å². The highest BCUT2D eigenvalue weighted by molar-refractivity contribution is 7.80. The first-order valence-electron chi connectivity index (χ1n) is 7.92. The average molecular weight is 419 g/mol. The van der Waals surface area contributed by atoms with Crippen molar-refractivity contribution in [1.82, 2.24) is 10.3 Å². The number of thiocarbonyl (C=S) groups is 1. The molecule has 27 heavy (non-hydrogen) atoms. The number of nitrogens with one attached hydrogen (secondary N) is 3. The number of anilines is 2. The summed E-state index contributed by atoms with van der Waals surface area (Å²) >= 11 is 12.4. The molecule has 3 aromatic rings. The van der Waals surface area contributed by atoms with Crippen molar-refractivity contribution in [2.24, 2.45) is 0 Å². The lowest BCUT2D eigenvalue weighted by Crippen LogP contribution is -2.35. The van der Waals surface area contributed by atoms with Gasteiger partial charge in [0.15, 0.2) is 10.2 Å². The number of hydrogen-bond acceptors (Lipinski definition) is 5. The standard InChI is InChI=1S/C18H15ClN4O2S2/c1-10(24)20-13-6-7-14-15(9-13)27-18(21-14)23-17(26)22-16(25)8-11-2-4-12(19)5-3-11/h2-7,9H,8H2,1H3,(H,20,24)(H2,21,22,23,25,26). The van der Waals surface area contributed by atoms with E-state index in [0.717, 1.165) is 15.8 Å². The normalized spacial score (nSPS) is 10.4. The Labute approximate surface area is 169 Å². The quantitative estimate of drug-likeness (QED) is 0.558. The molecule has 0 spiro atoms. The summed E-state index contributed by atoms with van der Waals surface area (Å²) < 4.78 is 0.888. The summed E-state index contributed by atoms with van der Waals surface area (Å²) in [4.78, 5) is 27.7. The number of amides is 2. The topological polar surface area (TPSA) is 83.1 Å². The van der Waals surface area contributed by atoms with Gasteiger partial charge in [-0.1, -0.05) is 35.1 Å². The van der Waals surface area contributed by atoms with E-state index in [2.05, 4.69) is 20.9 Å². The molecule has 0 fully saturated rings. The highest BCUT2D eigenvalue weighted by Gasteiger charge is 2.10. The SMILES string of the molecule is CC(=O)Nc1ccc2nc(NC(=S)NC(=O)Cc3ccc(Cl)cc3)sc2c1. The molecule has 3 rings (SSSR count). The highest BCUT2D eigenvalue weighted by Crippen LogP contribution is 2.28. The van der Waals surface area contributed by atoms with Gasteiger partial charge in [-0.05, 0) is 48.1 Å². The molecule has 0 bridgehead atoms. The molecular weight excluding hydrogens is 404 g/mol. The predicted molar refractivity (Wildman–Crippen MR) is 113 cm³/mol. The van der Waals surface area contributed by atoms with Gasteiger partial charge in [0.2, 0.25) is 11.8 Å². The van der Waals surface area contributed by atoms with Crippen molar-refractivity contribution < 1.29 is 9.59 Å². The Hall–Kier alpha value is -2.55. The molecule has 0 aliphatic heterocycles. The first-order valence-corrected chi connectivity index (χ1v) is 9.53. The van der Waals surface area contributed by atoms with Crippen LogP contribution in [0.1, 0.15) is 12.5 Å². The second-order valence-electron chi connectivity index (χ2n) is 5.69. The molecule has 2 amide bonds. The van der Waals surface area contributed by atoms with Crippen LogP contribution in [0.25, 0.3) is 10.2 Å². The van der Waals surface area contributed by atoms with Crippen LogP contribution in [0.3, 0.4) is 0 Å². The minimum absolute atomic E-state index is 0.137. The van der Waals surface area contributed by atoms with E-state index in [0.29, 0.717) is 15.8 Å². The van der Waals surface area contributed by atoms with Crippen molar-refractivity contribution >= 4 is 73.1 Å². The van der Waals surface area contributed by atoms with Gasteiger partial charge in [-0.2, -0.15) is 0 Å². The maximum atomic E-state index is 12.1. The molecule has 0 aliphatic rings. The number of carbonyl (C=O) groups excluding carboxylic acids is 2. The Balaban J connectivity index is 1.60. The van der Waals surface area contributed by atoms with E-state index in [1.54, 1.807) is 30.3 Å². The molecule has 0 saturated heterocycles. The van der Waals surface area contributed by atoms with Crippen LogP contribution < -0.4 is 16.0 Å². The van der Waals surface area contributed by atoms with E-state index in [4.69, 9.17) is 23.8 Å². The van der Waals surface area contributed by atoms with Crippen LogP contribution in [0.15, 0.2) is 42.5 Å². The van der Waals surface area contributed by atoms with Gasteiger partial charge in [0, 0.05) is 17.6 Å². The molecule has 0 saturated carbocycles. The van der Waals surface area contributed by atoms with E-state index >= 15 is 0 Å². The van der Waals surface area contributed by atoms with Crippen LogP contribution >= 0.6 is 35.2 Å². The maximum Gasteiger partial charge on any atom is 0.230 e. The molecule has 0 unspecified atom stereocenters. The van der Waals surface area contributed by atoms with Crippen molar-refractivity contribution in [2.75, 3.05) is 10.6 Å². The van der Waals surface area contributed by atoms with Crippen molar-refractivity contribution in [2.45, 2.75) is 13.3 Å². The third-order valence-corrected chi connectivity index (χ3v) is 4.85. The average Bonchev–Trinajstić information content (AvgIpc) is 2.97. The summed E-state index contributed by atoms with van der Waals surface area (Å²) in [5.41, 5.74) is 2.31. The van der Waals surface area contributed by atoms with Crippen LogP contribution in [0, 0.1) is 0 Å². The number of fused-ring (bicyclic) bond motifs is 1. The summed E-state index contributed by atoms with van der Waals surface area (Å²) in [5.74, 6) is -0.370. The number of thiazole rings is 1. The van der Waals surface area contributed by atoms with Crippen molar-refractivity contribution in [3.8, 4) is 0 Å².